The Bertz CT molecular complexity index is 701. The van der Waals surface area contributed by atoms with Gasteiger partial charge in [-0.15, -0.1) is 11.3 Å². The monoisotopic (exact) mass is 258 g/mol. The molecule has 5 heteroatoms. The number of thiazole rings is 1. The Morgan fingerprint density at radius 1 is 1.39 bits per heavy atom. The minimum atomic E-state index is -0.904. The van der Waals surface area contributed by atoms with Crippen LogP contribution >= 0.6 is 11.3 Å². The van der Waals surface area contributed by atoms with E-state index in [1.54, 1.807) is 29.7 Å². The smallest absolute Gasteiger partial charge is 0.335 e. The summed E-state index contributed by atoms with van der Waals surface area (Å²) < 4.78 is 2.01. The van der Waals surface area contributed by atoms with Crippen molar-refractivity contribution in [3.8, 4) is 0 Å². The molecule has 0 saturated heterocycles. The maximum absolute atomic E-state index is 11.0. The highest BCUT2D eigenvalue weighted by Crippen LogP contribution is 2.19. The number of nitrogens with zero attached hydrogens (tertiary/aromatic N) is 2. The molecular formula is C13H10N2O2S. The first kappa shape index (κ1) is 11.0. The first-order chi connectivity index (χ1) is 8.74. The summed E-state index contributed by atoms with van der Waals surface area (Å²) in [5.74, 6) is -0.904. The maximum atomic E-state index is 11.0. The van der Waals surface area contributed by atoms with Crippen LogP contribution in [0.5, 0.6) is 0 Å². The number of aromatic carboxylic acids is 1. The lowest BCUT2D eigenvalue weighted by molar-refractivity contribution is 0.0697. The lowest BCUT2D eigenvalue weighted by Gasteiger charge is -2.03. The third-order valence-electron chi connectivity index (χ3n) is 2.81. The first-order valence-corrected chi connectivity index (χ1v) is 6.32. The average Bonchev–Trinajstić information content (AvgIpc) is 2.99. The van der Waals surface area contributed by atoms with Crippen molar-refractivity contribution in [1.82, 2.24) is 9.55 Å². The Kier molecular flexibility index (Phi) is 2.60. The number of rotatable bonds is 3. The molecule has 0 aliphatic carbocycles. The Balaban J connectivity index is 2.06. The summed E-state index contributed by atoms with van der Waals surface area (Å²) in [4.78, 5) is 15.2. The molecule has 3 aromatic rings. The molecular weight excluding hydrogens is 248 g/mol. The van der Waals surface area contributed by atoms with Crippen LogP contribution < -0.4 is 0 Å². The molecule has 0 aliphatic heterocycles. The van der Waals surface area contributed by atoms with Crippen molar-refractivity contribution in [2.75, 3.05) is 0 Å². The average molecular weight is 258 g/mol. The van der Waals surface area contributed by atoms with E-state index < -0.39 is 5.97 Å². The Labute approximate surface area is 107 Å². The van der Waals surface area contributed by atoms with E-state index in [4.69, 9.17) is 5.11 Å². The van der Waals surface area contributed by atoms with Gasteiger partial charge in [-0.05, 0) is 23.6 Å². The van der Waals surface area contributed by atoms with Gasteiger partial charge in [0.25, 0.3) is 0 Å². The summed E-state index contributed by atoms with van der Waals surface area (Å²) in [5, 5.41) is 13.0. The summed E-state index contributed by atoms with van der Waals surface area (Å²) in [6.45, 7) is 0.671. The number of hydrogen-bond acceptors (Lipinski definition) is 3. The second-order valence-corrected chi connectivity index (χ2v) is 4.93. The van der Waals surface area contributed by atoms with Crippen molar-refractivity contribution in [3.63, 3.8) is 0 Å². The molecule has 0 unspecified atom stereocenters. The van der Waals surface area contributed by atoms with Crippen molar-refractivity contribution in [2.45, 2.75) is 6.54 Å². The highest BCUT2D eigenvalue weighted by molar-refractivity contribution is 7.09. The van der Waals surface area contributed by atoms with Crippen LogP contribution in [0.25, 0.3) is 10.9 Å². The fourth-order valence-electron chi connectivity index (χ4n) is 1.93. The standard InChI is InChI=1S/C13H10N2O2S/c16-13(17)10-2-1-9-3-5-15(11(9)7-10)8-12-14-4-6-18-12/h1-7H,8H2,(H,16,17). The van der Waals surface area contributed by atoms with Gasteiger partial charge >= 0.3 is 5.97 Å². The second-order valence-electron chi connectivity index (χ2n) is 3.95. The van der Waals surface area contributed by atoms with Gasteiger partial charge in [-0.2, -0.15) is 0 Å². The molecule has 1 N–H and O–H groups in total. The Hall–Kier alpha value is -2.14. The van der Waals surface area contributed by atoms with Gasteiger partial charge in [0.15, 0.2) is 0 Å². The zero-order valence-corrected chi connectivity index (χ0v) is 10.2. The largest absolute Gasteiger partial charge is 0.478 e. The molecule has 18 heavy (non-hydrogen) atoms. The van der Waals surface area contributed by atoms with Gasteiger partial charge in [0.2, 0.25) is 0 Å². The third-order valence-corrected chi connectivity index (χ3v) is 3.57. The van der Waals surface area contributed by atoms with Gasteiger partial charge in [0, 0.05) is 23.3 Å². The molecule has 0 saturated carbocycles. The van der Waals surface area contributed by atoms with Crippen LogP contribution in [-0.2, 0) is 6.54 Å². The number of carbonyl (C=O) groups is 1. The molecule has 0 radical (unpaired) electrons. The third kappa shape index (κ3) is 1.89. The molecule has 0 fully saturated rings. The fraction of sp³-hybridized carbons (Fsp3) is 0.0769. The molecule has 4 nitrogen and oxygen atoms in total. The zero-order chi connectivity index (χ0) is 12.5. The van der Waals surface area contributed by atoms with E-state index in [0.717, 1.165) is 15.9 Å². The SMILES string of the molecule is O=C(O)c1ccc2ccn(Cc3nccs3)c2c1. The van der Waals surface area contributed by atoms with Gasteiger partial charge in [0.05, 0.1) is 12.1 Å². The molecule has 3 rings (SSSR count). The molecule has 90 valence electrons. The van der Waals surface area contributed by atoms with E-state index >= 15 is 0 Å². The Morgan fingerprint density at radius 2 is 2.28 bits per heavy atom. The van der Waals surface area contributed by atoms with Crippen molar-refractivity contribution in [1.29, 1.82) is 0 Å². The van der Waals surface area contributed by atoms with E-state index in [0.29, 0.717) is 12.1 Å². The number of hydrogen-bond donors (Lipinski definition) is 1. The van der Waals surface area contributed by atoms with Crippen molar-refractivity contribution in [3.05, 3.63) is 52.6 Å². The normalized spacial score (nSPS) is 10.9. The minimum absolute atomic E-state index is 0.307. The van der Waals surface area contributed by atoms with Crippen LogP contribution in [-0.4, -0.2) is 20.6 Å². The second kappa shape index (κ2) is 4.27. The van der Waals surface area contributed by atoms with Crippen LogP contribution in [0.2, 0.25) is 0 Å². The number of aromatic nitrogens is 2. The summed E-state index contributed by atoms with van der Waals surface area (Å²) in [7, 11) is 0. The van der Waals surface area contributed by atoms with Gasteiger partial charge in [-0.3, -0.25) is 0 Å². The van der Waals surface area contributed by atoms with E-state index in [9.17, 15) is 4.79 Å². The molecule has 0 atom stereocenters. The van der Waals surface area contributed by atoms with Crippen molar-refractivity contribution < 1.29 is 9.90 Å². The minimum Gasteiger partial charge on any atom is -0.478 e. The van der Waals surface area contributed by atoms with Gasteiger partial charge in [0.1, 0.15) is 5.01 Å². The van der Waals surface area contributed by atoms with Crippen LogP contribution in [0.15, 0.2) is 42.0 Å². The predicted octanol–water partition coefficient (Wildman–Crippen LogP) is 2.84. The molecule has 0 bridgehead atoms. The lowest BCUT2D eigenvalue weighted by Crippen LogP contribution is -1.99. The molecule has 1 aromatic carbocycles. The van der Waals surface area contributed by atoms with Gasteiger partial charge in [-0.1, -0.05) is 6.07 Å². The molecule has 2 heterocycles. The van der Waals surface area contributed by atoms with Crippen LogP contribution in [0.4, 0.5) is 0 Å². The van der Waals surface area contributed by atoms with Crippen LogP contribution in [0.3, 0.4) is 0 Å². The summed E-state index contributed by atoms with van der Waals surface area (Å²) in [5.41, 5.74) is 1.23. The highest BCUT2D eigenvalue weighted by atomic mass is 32.1. The van der Waals surface area contributed by atoms with E-state index in [-0.39, 0.29) is 0 Å². The first-order valence-electron chi connectivity index (χ1n) is 5.44. The van der Waals surface area contributed by atoms with Gasteiger partial charge in [-0.25, -0.2) is 9.78 Å². The zero-order valence-electron chi connectivity index (χ0n) is 9.41. The highest BCUT2D eigenvalue weighted by Gasteiger charge is 2.07. The topological polar surface area (TPSA) is 55.1 Å². The fourth-order valence-corrected chi connectivity index (χ4v) is 2.55. The summed E-state index contributed by atoms with van der Waals surface area (Å²) in [6, 6.07) is 7.13. The van der Waals surface area contributed by atoms with Crippen molar-refractivity contribution >= 4 is 28.2 Å². The number of benzene rings is 1. The van der Waals surface area contributed by atoms with E-state index in [1.165, 1.54) is 0 Å². The summed E-state index contributed by atoms with van der Waals surface area (Å²) in [6.07, 6.45) is 3.73. The number of fused-ring (bicyclic) bond motifs is 1. The molecule has 0 amide bonds. The predicted molar refractivity (Wildman–Crippen MR) is 70.1 cm³/mol. The van der Waals surface area contributed by atoms with Crippen LogP contribution in [0.1, 0.15) is 15.4 Å². The van der Waals surface area contributed by atoms with E-state index in [1.807, 2.05) is 28.3 Å². The number of carboxylic acid groups (broad SMARTS) is 1. The van der Waals surface area contributed by atoms with E-state index in [2.05, 4.69) is 4.98 Å². The maximum Gasteiger partial charge on any atom is 0.335 e. The van der Waals surface area contributed by atoms with Gasteiger partial charge < -0.3 is 9.67 Å². The molecule has 0 spiro atoms. The molecule has 0 aliphatic rings. The van der Waals surface area contributed by atoms with Crippen LogP contribution in [0, 0.1) is 0 Å². The summed E-state index contributed by atoms with van der Waals surface area (Å²) >= 11 is 1.59. The number of carboxylic acids is 1. The molecule has 2 aromatic heterocycles. The Morgan fingerprint density at radius 3 is 3.00 bits per heavy atom. The quantitative estimate of drug-likeness (QED) is 0.786. The van der Waals surface area contributed by atoms with Crippen molar-refractivity contribution in [2.24, 2.45) is 0 Å². The lowest BCUT2D eigenvalue weighted by atomic mass is 10.2.